The van der Waals surface area contributed by atoms with Crippen LogP contribution < -0.4 is 14.8 Å². The molecule has 1 saturated heterocycles. The summed E-state index contributed by atoms with van der Waals surface area (Å²) in [6.45, 7) is 1.72. The van der Waals surface area contributed by atoms with Gasteiger partial charge >= 0.3 is 0 Å². The van der Waals surface area contributed by atoms with Gasteiger partial charge in [0.15, 0.2) is 0 Å². The van der Waals surface area contributed by atoms with Crippen molar-refractivity contribution in [3.05, 3.63) is 53.7 Å². The summed E-state index contributed by atoms with van der Waals surface area (Å²) in [5.41, 5.74) is 1.71. The average molecular weight is 340 g/mol. The number of amides is 1. The van der Waals surface area contributed by atoms with Crippen molar-refractivity contribution in [3.63, 3.8) is 0 Å². The minimum Gasteiger partial charge on any atom is -0.493 e. The van der Waals surface area contributed by atoms with Crippen LogP contribution in [-0.4, -0.2) is 42.9 Å². The SMILES string of the molecule is O=C(N[C@@H]1COCC[C@H]1Oc1ccccn1)c1ccc2c(c1)CCO2. The Bertz CT molecular complexity index is 750. The first-order valence-corrected chi connectivity index (χ1v) is 8.51. The van der Waals surface area contributed by atoms with Crippen LogP contribution in [0.2, 0.25) is 0 Å². The van der Waals surface area contributed by atoms with Crippen LogP contribution >= 0.6 is 0 Å². The predicted molar refractivity (Wildman–Crippen MR) is 91.0 cm³/mol. The van der Waals surface area contributed by atoms with Gasteiger partial charge in [0.1, 0.15) is 11.9 Å². The van der Waals surface area contributed by atoms with Crippen molar-refractivity contribution in [2.24, 2.45) is 0 Å². The second-order valence-electron chi connectivity index (χ2n) is 6.19. The average Bonchev–Trinajstić information content (AvgIpc) is 3.12. The second-order valence-corrected chi connectivity index (χ2v) is 6.19. The highest BCUT2D eigenvalue weighted by Crippen LogP contribution is 2.26. The Balaban J connectivity index is 1.45. The highest BCUT2D eigenvalue weighted by molar-refractivity contribution is 5.94. The van der Waals surface area contributed by atoms with Gasteiger partial charge in [0, 0.05) is 30.7 Å². The van der Waals surface area contributed by atoms with Gasteiger partial charge in [-0.15, -0.1) is 0 Å². The van der Waals surface area contributed by atoms with E-state index in [9.17, 15) is 4.79 Å². The van der Waals surface area contributed by atoms with Crippen molar-refractivity contribution in [1.29, 1.82) is 0 Å². The Kier molecular flexibility index (Phi) is 4.52. The number of aromatic nitrogens is 1. The topological polar surface area (TPSA) is 69.7 Å². The van der Waals surface area contributed by atoms with Crippen LogP contribution in [0.15, 0.2) is 42.6 Å². The lowest BCUT2D eigenvalue weighted by atomic mass is 10.0. The smallest absolute Gasteiger partial charge is 0.251 e. The maximum Gasteiger partial charge on any atom is 0.251 e. The maximum absolute atomic E-state index is 12.6. The van der Waals surface area contributed by atoms with E-state index in [1.807, 2.05) is 30.3 Å². The van der Waals surface area contributed by atoms with Crippen LogP contribution in [0, 0.1) is 0 Å². The van der Waals surface area contributed by atoms with Gasteiger partial charge in [-0.2, -0.15) is 0 Å². The molecule has 1 aromatic carbocycles. The van der Waals surface area contributed by atoms with Crippen molar-refractivity contribution >= 4 is 5.91 Å². The first kappa shape index (κ1) is 15.9. The highest BCUT2D eigenvalue weighted by atomic mass is 16.5. The molecule has 2 aliphatic rings. The van der Waals surface area contributed by atoms with E-state index in [1.54, 1.807) is 12.3 Å². The molecule has 0 aliphatic carbocycles. The van der Waals surface area contributed by atoms with Crippen LogP contribution in [0.3, 0.4) is 0 Å². The monoisotopic (exact) mass is 340 g/mol. The molecule has 0 unspecified atom stereocenters. The lowest BCUT2D eigenvalue weighted by molar-refractivity contribution is -0.00448. The van der Waals surface area contributed by atoms with E-state index >= 15 is 0 Å². The molecule has 0 spiro atoms. The van der Waals surface area contributed by atoms with Crippen LogP contribution in [-0.2, 0) is 11.2 Å². The maximum atomic E-state index is 12.6. The number of fused-ring (bicyclic) bond motifs is 1. The first-order chi connectivity index (χ1) is 12.3. The Morgan fingerprint density at radius 3 is 3.08 bits per heavy atom. The second kappa shape index (κ2) is 7.11. The molecule has 130 valence electrons. The Morgan fingerprint density at radius 1 is 1.24 bits per heavy atom. The molecule has 0 radical (unpaired) electrons. The third kappa shape index (κ3) is 3.58. The minimum absolute atomic E-state index is 0.125. The number of benzene rings is 1. The Morgan fingerprint density at radius 2 is 2.20 bits per heavy atom. The Labute approximate surface area is 146 Å². The summed E-state index contributed by atoms with van der Waals surface area (Å²) in [5, 5.41) is 3.04. The standard InChI is InChI=1S/C19H20N2O4/c22-19(14-4-5-16-13(11-14)6-10-24-16)21-15-12-23-9-7-17(15)25-18-3-1-2-8-20-18/h1-5,8,11,15,17H,6-7,9-10,12H2,(H,21,22)/t15-,17-/m1/s1. The van der Waals surface area contributed by atoms with Gasteiger partial charge in [0.05, 0.1) is 25.9 Å². The van der Waals surface area contributed by atoms with Gasteiger partial charge in [-0.25, -0.2) is 4.98 Å². The van der Waals surface area contributed by atoms with E-state index in [1.165, 1.54) is 0 Å². The third-order valence-electron chi connectivity index (χ3n) is 4.47. The van der Waals surface area contributed by atoms with E-state index in [2.05, 4.69) is 10.3 Å². The fraction of sp³-hybridized carbons (Fsp3) is 0.368. The zero-order valence-electron chi connectivity index (χ0n) is 13.8. The lowest BCUT2D eigenvalue weighted by Crippen LogP contribution is -2.51. The molecule has 2 aliphatic heterocycles. The zero-order chi connectivity index (χ0) is 17.1. The summed E-state index contributed by atoms with van der Waals surface area (Å²) < 4.78 is 17.0. The minimum atomic E-state index is -0.215. The van der Waals surface area contributed by atoms with Crippen LogP contribution in [0.1, 0.15) is 22.3 Å². The molecule has 4 rings (SSSR count). The van der Waals surface area contributed by atoms with Gasteiger partial charge < -0.3 is 19.5 Å². The van der Waals surface area contributed by atoms with Gasteiger partial charge in [-0.1, -0.05) is 6.07 Å². The fourth-order valence-corrected chi connectivity index (χ4v) is 3.15. The fourth-order valence-electron chi connectivity index (χ4n) is 3.15. The largest absolute Gasteiger partial charge is 0.493 e. The summed E-state index contributed by atoms with van der Waals surface area (Å²) in [6.07, 6.45) is 3.08. The van der Waals surface area contributed by atoms with Crippen LogP contribution in [0.5, 0.6) is 11.6 Å². The van der Waals surface area contributed by atoms with Crippen molar-refractivity contribution in [2.45, 2.75) is 25.0 Å². The molecule has 2 atom stereocenters. The molecule has 2 aromatic rings. The molecule has 0 bridgehead atoms. The highest BCUT2D eigenvalue weighted by Gasteiger charge is 2.30. The normalized spacial score (nSPS) is 21.9. The Hall–Kier alpha value is -2.60. The van der Waals surface area contributed by atoms with E-state index in [-0.39, 0.29) is 18.1 Å². The molecule has 6 nitrogen and oxygen atoms in total. The van der Waals surface area contributed by atoms with Crippen molar-refractivity contribution in [1.82, 2.24) is 10.3 Å². The number of carbonyl (C=O) groups is 1. The van der Waals surface area contributed by atoms with Crippen molar-refractivity contribution < 1.29 is 19.0 Å². The number of nitrogens with zero attached hydrogens (tertiary/aromatic N) is 1. The van der Waals surface area contributed by atoms with Gasteiger partial charge in [0.25, 0.3) is 5.91 Å². The number of rotatable bonds is 4. The number of pyridine rings is 1. The molecule has 1 aromatic heterocycles. The molecule has 1 fully saturated rings. The molecule has 25 heavy (non-hydrogen) atoms. The molecule has 3 heterocycles. The van der Waals surface area contributed by atoms with Crippen LogP contribution in [0.4, 0.5) is 0 Å². The van der Waals surface area contributed by atoms with Gasteiger partial charge in [-0.3, -0.25) is 4.79 Å². The van der Waals surface area contributed by atoms with Gasteiger partial charge in [0.2, 0.25) is 5.88 Å². The lowest BCUT2D eigenvalue weighted by Gasteiger charge is -2.32. The third-order valence-corrected chi connectivity index (χ3v) is 4.47. The summed E-state index contributed by atoms with van der Waals surface area (Å²) in [7, 11) is 0. The summed E-state index contributed by atoms with van der Waals surface area (Å²) in [4.78, 5) is 16.8. The van der Waals surface area contributed by atoms with Crippen molar-refractivity contribution in [2.75, 3.05) is 19.8 Å². The number of hydrogen-bond donors (Lipinski definition) is 1. The number of ether oxygens (including phenoxy) is 3. The first-order valence-electron chi connectivity index (χ1n) is 8.51. The quantitative estimate of drug-likeness (QED) is 0.922. The summed E-state index contributed by atoms with van der Waals surface area (Å²) in [5.74, 6) is 1.30. The summed E-state index contributed by atoms with van der Waals surface area (Å²) in [6, 6.07) is 10.9. The number of hydrogen-bond acceptors (Lipinski definition) is 5. The molecule has 6 heteroatoms. The van der Waals surface area contributed by atoms with E-state index in [0.29, 0.717) is 37.7 Å². The van der Waals surface area contributed by atoms with Gasteiger partial charge in [-0.05, 0) is 29.8 Å². The number of carbonyl (C=O) groups excluding carboxylic acids is 1. The molecular formula is C19H20N2O4. The van der Waals surface area contributed by atoms with Crippen molar-refractivity contribution in [3.8, 4) is 11.6 Å². The van der Waals surface area contributed by atoms with E-state index in [0.717, 1.165) is 17.7 Å². The zero-order valence-corrected chi connectivity index (χ0v) is 13.8. The van der Waals surface area contributed by atoms with E-state index in [4.69, 9.17) is 14.2 Å². The molecule has 1 amide bonds. The summed E-state index contributed by atoms with van der Waals surface area (Å²) >= 11 is 0. The molecule has 0 saturated carbocycles. The van der Waals surface area contributed by atoms with Crippen LogP contribution in [0.25, 0.3) is 0 Å². The molecular weight excluding hydrogens is 320 g/mol. The van der Waals surface area contributed by atoms with E-state index < -0.39 is 0 Å². The molecule has 1 N–H and O–H groups in total. The predicted octanol–water partition coefficient (Wildman–Crippen LogP) is 1.98. The number of nitrogens with one attached hydrogen (secondary N) is 1.